The standard InChI is InChI=1S/C21H16F3N3OS/c22-21(23,24)28-18-6-4-14(5-7-18)20-9-19(27-13-29-20)16-3-1-2-15(8-16)17-10-25-12-26-11-17/h1-8,10-13,19-20H,9H2. The van der Waals surface area contributed by atoms with Crippen molar-refractivity contribution in [1.29, 1.82) is 0 Å². The van der Waals surface area contributed by atoms with Gasteiger partial charge in [0.05, 0.1) is 11.6 Å². The number of aromatic nitrogens is 2. The van der Waals surface area contributed by atoms with Crippen LogP contribution in [0.3, 0.4) is 0 Å². The predicted molar refractivity (Wildman–Crippen MR) is 107 cm³/mol. The lowest BCUT2D eigenvalue weighted by atomic mass is 9.96. The number of thioether (sulfide) groups is 1. The minimum atomic E-state index is -4.69. The average Bonchev–Trinajstić information content (AvgIpc) is 2.74. The third-order valence-corrected chi connectivity index (χ3v) is 5.59. The maximum Gasteiger partial charge on any atom is 0.573 e. The number of hydrogen-bond donors (Lipinski definition) is 0. The SMILES string of the molecule is FC(F)(F)Oc1ccc(C2CC(c3cccc(-c4cncnc4)c3)N=CS2)cc1. The molecule has 8 heteroatoms. The van der Waals surface area contributed by atoms with Crippen molar-refractivity contribution in [3.05, 3.63) is 78.4 Å². The molecule has 2 atom stereocenters. The van der Waals surface area contributed by atoms with Gasteiger partial charge in [-0.25, -0.2) is 9.97 Å². The number of hydrogen-bond acceptors (Lipinski definition) is 5. The Morgan fingerprint density at radius 1 is 0.931 bits per heavy atom. The van der Waals surface area contributed by atoms with Crippen LogP contribution in [0.4, 0.5) is 13.2 Å². The Bertz CT molecular complexity index is 994. The highest BCUT2D eigenvalue weighted by molar-refractivity contribution is 8.12. The lowest BCUT2D eigenvalue weighted by Gasteiger charge is -2.24. The number of alkyl halides is 3. The van der Waals surface area contributed by atoms with Gasteiger partial charge in [-0.1, -0.05) is 30.3 Å². The second kappa shape index (κ2) is 8.24. The largest absolute Gasteiger partial charge is 0.573 e. The molecule has 0 aliphatic carbocycles. The maximum absolute atomic E-state index is 12.3. The van der Waals surface area contributed by atoms with Crippen LogP contribution in [0.15, 0.2) is 72.2 Å². The molecule has 0 amide bonds. The Hall–Kier alpha value is -2.87. The molecular formula is C21H16F3N3OS. The van der Waals surface area contributed by atoms with Gasteiger partial charge in [-0.3, -0.25) is 4.99 Å². The van der Waals surface area contributed by atoms with Gasteiger partial charge < -0.3 is 4.74 Å². The van der Waals surface area contributed by atoms with Gasteiger partial charge in [-0.05, 0) is 41.3 Å². The predicted octanol–water partition coefficient (Wildman–Crippen LogP) is 5.99. The summed E-state index contributed by atoms with van der Waals surface area (Å²) in [6.07, 6.45) is 1.08. The topological polar surface area (TPSA) is 47.4 Å². The maximum atomic E-state index is 12.3. The summed E-state index contributed by atoms with van der Waals surface area (Å²) >= 11 is 1.56. The fourth-order valence-corrected chi connectivity index (χ4v) is 4.17. The third-order valence-electron chi connectivity index (χ3n) is 4.55. The van der Waals surface area contributed by atoms with E-state index in [1.807, 2.05) is 23.7 Å². The van der Waals surface area contributed by atoms with Gasteiger partial charge in [0.25, 0.3) is 0 Å². The molecule has 29 heavy (non-hydrogen) atoms. The van der Waals surface area contributed by atoms with Crippen LogP contribution in [0, 0.1) is 0 Å². The smallest absolute Gasteiger partial charge is 0.406 e. The van der Waals surface area contributed by atoms with Gasteiger partial charge >= 0.3 is 6.36 Å². The summed E-state index contributed by atoms with van der Waals surface area (Å²) in [6.45, 7) is 0. The molecule has 2 heterocycles. The number of rotatable bonds is 4. The first-order chi connectivity index (χ1) is 14.0. The van der Waals surface area contributed by atoms with E-state index < -0.39 is 6.36 Å². The number of benzene rings is 2. The number of aliphatic imine (C=N–C) groups is 1. The van der Waals surface area contributed by atoms with E-state index in [4.69, 9.17) is 0 Å². The van der Waals surface area contributed by atoms with Crippen LogP contribution in [0.1, 0.15) is 28.8 Å². The molecule has 3 aromatic rings. The number of nitrogens with zero attached hydrogens (tertiary/aromatic N) is 3. The Kier molecular flexibility index (Phi) is 5.53. The van der Waals surface area contributed by atoms with Crippen molar-refractivity contribution in [2.24, 2.45) is 4.99 Å². The minimum absolute atomic E-state index is 0.0306. The summed E-state index contributed by atoms with van der Waals surface area (Å²) in [5.41, 5.74) is 5.78. The van der Waals surface area contributed by atoms with E-state index in [9.17, 15) is 13.2 Å². The summed E-state index contributed by atoms with van der Waals surface area (Å²) in [5.74, 6) is -0.218. The molecule has 0 saturated carbocycles. The normalized spacial score (nSPS) is 19.1. The lowest BCUT2D eigenvalue weighted by molar-refractivity contribution is -0.274. The van der Waals surface area contributed by atoms with Gasteiger partial charge in [-0.2, -0.15) is 0 Å². The van der Waals surface area contributed by atoms with E-state index in [1.54, 1.807) is 36.3 Å². The zero-order valence-corrected chi connectivity index (χ0v) is 15.9. The molecule has 0 bridgehead atoms. The molecule has 148 valence electrons. The molecule has 4 nitrogen and oxygen atoms in total. The summed E-state index contributed by atoms with van der Waals surface area (Å²) in [5, 5.41) is 0.0983. The second-order valence-corrected chi connectivity index (χ2v) is 7.55. The van der Waals surface area contributed by atoms with Gasteiger partial charge in [0.15, 0.2) is 0 Å². The van der Waals surface area contributed by atoms with E-state index >= 15 is 0 Å². The van der Waals surface area contributed by atoms with Gasteiger partial charge in [-0.15, -0.1) is 24.9 Å². The molecule has 0 spiro atoms. The van der Waals surface area contributed by atoms with E-state index in [0.717, 1.165) is 28.7 Å². The Morgan fingerprint density at radius 2 is 1.69 bits per heavy atom. The Labute approximate surface area is 169 Å². The van der Waals surface area contributed by atoms with Crippen LogP contribution < -0.4 is 4.74 Å². The van der Waals surface area contributed by atoms with Gasteiger partial charge in [0, 0.05) is 23.2 Å². The van der Waals surface area contributed by atoms with Crippen LogP contribution in [0.25, 0.3) is 11.1 Å². The Morgan fingerprint density at radius 3 is 2.41 bits per heavy atom. The fraction of sp³-hybridized carbons (Fsp3) is 0.190. The van der Waals surface area contributed by atoms with E-state index in [1.165, 1.54) is 18.5 Å². The lowest BCUT2D eigenvalue weighted by Crippen LogP contribution is -2.17. The van der Waals surface area contributed by atoms with Crippen LogP contribution in [0.5, 0.6) is 5.75 Å². The summed E-state index contributed by atoms with van der Waals surface area (Å²) < 4.78 is 41.0. The van der Waals surface area contributed by atoms with Crippen molar-refractivity contribution in [2.75, 3.05) is 0 Å². The zero-order valence-electron chi connectivity index (χ0n) is 15.1. The zero-order chi connectivity index (χ0) is 20.3. The first kappa shape index (κ1) is 19.4. The summed E-state index contributed by atoms with van der Waals surface area (Å²) in [6, 6.07) is 14.1. The highest BCUT2D eigenvalue weighted by Crippen LogP contribution is 2.42. The number of ether oxygens (including phenoxy) is 1. The number of halogens is 3. The molecular weight excluding hydrogens is 399 g/mol. The first-order valence-corrected chi connectivity index (χ1v) is 9.80. The second-order valence-electron chi connectivity index (χ2n) is 6.50. The quantitative estimate of drug-likeness (QED) is 0.525. The van der Waals surface area contributed by atoms with Crippen molar-refractivity contribution in [1.82, 2.24) is 9.97 Å². The summed E-state index contributed by atoms with van der Waals surface area (Å²) in [7, 11) is 0. The van der Waals surface area contributed by atoms with E-state index in [-0.39, 0.29) is 17.0 Å². The molecule has 1 aliphatic rings. The van der Waals surface area contributed by atoms with Crippen molar-refractivity contribution in [3.63, 3.8) is 0 Å². The van der Waals surface area contributed by atoms with Crippen molar-refractivity contribution < 1.29 is 17.9 Å². The van der Waals surface area contributed by atoms with Crippen molar-refractivity contribution in [2.45, 2.75) is 24.1 Å². The van der Waals surface area contributed by atoms with Gasteiger partial charge in [0.1, 0.15) is 12.1 Å². The molecule has 4 rings (SSSR count). The van der Waals surface area contributed by atoms with Crippen LogP contribution >= 0.6 is 11.8 Å². The molecule has 0 saturated heterocycles. The Balaban J connectivity index is 1.50. The first-order valence-electron chi connectivity index (χ1n) is 8.86. The molecule has 1 aromatic heterocycles. The highest BCUT2D eigenvalue weighted by Gasteiger charge is 2.31. The third kappa shape index (κ3) is 4.95. The molecule has 0 radical (unpaired) electrons. The van der Waals surface area contributed by atoms with Crippen molar-refractivity contribution >= 4 is 17.3 Å². The van der Waals surface area contributed by atoms with Crippen LogP contribution in [0.2, 0.25) is 0 Å². The van der Waals surface area contributed by atoms with Gasteiger partial charge in [0.2, 0.25) is 0 Å². The van der Waals surface area contributed by atoms with Crippen molar-refractivity contribution in [3.8, 4) is 16.9 Å². The molecule has 0 N–H and O–H groups in total. The fourth-order valence-electron chi connectivity index (χ4n) is 3.20. The highest BCUT2D eigenvalue weighted by atomic mass is 32.2. The van der Waals surface area contributed by atoms with E-state index in [2.05, 4.69) is 25.8 Å². The average molecular weight is 415 g/mol. The molecule has 2 aromatic carbocycles. The molecule has 2 unspecified atom stereocenters. The van der Waals surface area contributed by atoms with Crippen LogP contribution in [-0.2, 0) is 0 Å². The van der Waals surface area contributed by atoms with Crippen LogP contribution in [-0.4, -0.2) is 21.9 Å². The molecule has 1 aliphatic heterocycles. The summed E-state index contributed by atoms with van der Waals surface area (Å²) in [4.78, 5) is 12.7. The monoisotopic (exact) mass is 415 g/mol. The minimum Gasteiger partial charge on any atom is -0.406 e. The molecule has 0 fully saturated rings. The van der Waals surface area contributed by atoms with E-state index in [0.29, 0.717) is 0 Å².